The lowest BCUT2D eigenvalue weighted by molar-refractivity contribution is 0.102. The van der Waals surface area contributed by atoms with E-state index in [0.29, 0.717) is 17.2 Å². The number of amides is 1. The minimum absolute atomic E-state index is 0.255. The SMILES string of the molecule is CNc1cccc(C(=O)Nc2cccnc2)n1. The molecule has 0 aliphatic rings. The van der Waals surface area contributed by atoms with Crippen LogP contribution in [0, 0.1) is 0 Å². The molecule has 0 aliphatic heterocycles. The molecule has 0 saturated carbocycles. The van der Waals surface area contributed by atoms with Gasteiger partial charge in [-0.3, -0.25) is 9.78 Å². The molecular weight excluding hydrogens is 216 g/mol. The van der Waals surface area contributed by atoms with Crippen LogP contribution in [0.3, 0.4) is 0 Å². The van der Waals surface area contributed by atoms with Gasteiger partial charge in [-0.15, -0.1) is 0 Å². The second kappa shape index (κ2) is 5.07. The third-order valence-electron chi connectivity index (χ3n) is 2.16. The van der Waals surface area contributed by atoms with Crippen LogP contribution in [0.15, 0.2) is 42.7 Å². The van der Waals surface area contributed by atoms with Crippen molar-refractivity contribution in [3.05, 3.63) is 48.4 Å². The minimum Gasteiger partial charge on any atom is -0.373 e. The van der Waals surface area contributed by atoms with Crippen molar-refractivity contribution in [2.45, 2.75) is 0 Å². The Morgan fingerprint density at radius 3 is 2.82 bits per heavy atom. The molecule has 2 aromatic rings. The first-order chi connectivity index (χ1) is 8.29. The number of nitrogens with zero attached hydrogens (tertiary/aromatic N) is 2. The quantitative estimate of drug-likeness (QED) is 0.840. The first-order valence-corrected chi connectivity index (χ1v) is 5.16. The maximum atomic E-state index is 11.9. The van der Waals surface area contributed by atoms with Crippen LogP contribution < -0.4 is 10.6 Å². The topological polar surface area (TPSA) is 66.9 Å². The van der Waals surface area contributed by atoms with E-state index < -0.39 is 0 Å². The maximum Gasteiger partial charge on any atom is 0.274 e. The fourth-order valence-electron chi connectivity index (χ4n) is 1.33. The highest BCUT2D eigenvalue weighted by Gasteiger charge is 2.07. The lowest BCUT2D eigenvalue weighted by atomic mass is 10.3. The van der Waals surface area contributed by atoms with Crippen molar-refractivity contribution in [2.24, 2.45) is 0 Å². The van der Waals surface area contributed by atoms with Crippen LogP contribution in [0.5, 0.6) is 0 Å². The number of carbonyl (C=O) groups excluding carboxylic acids is 1. The molecule has 86 valence electrons. The fourth-order valence-corrected chi connectivity index (χ4v) is 1.33. The predicted octanol–water partition coefficient (Wildman–Crippen LogP) is 1.77. The summed E-state index contributed by atoms with van der Waals surface area (Å²) < 4.78 is 0. The maximum absolute atomic E-state index is 11.9. The highest BCUT2D eigenvalue weighted by molar-refractivity contribution is 6.02. The van der Waals surface area contributed by atoms with Crippen molar-refractivity contribution >= 4 is 17.4 Å². The van der Waals surface area contributed by atoms with Gasteiger partial charge >= 0.3 is 0 Å². The van der Waals surface area contributed by atoms with Crippen LogP contribution in [0.1, 0.15) is 10.5 Å². The van der Waals surface area contributed by atoms with E-state index in [1.807, 2.05) is 0 Å². The van der Waals surface area contributed by atoms with E-state index in [9.17, 15) is 4.79 Å². The summed E-state index contributed by atoms with van der Waals surface area (Å²) in [6.07, 6.45) is 3.23. The van der Waals surface area contributed by atoms with Crippen LogP contribution in [0.4, 0.5) is 11.5 Å². The predicted molar refractivity (Wildman–Crippen MR) is 66.0 cm³/mol. The van der Waals surface area contributed by atoms with Gasteiger partial charge in [-0.2, -0.15) is 0 Å². The van der Waals surface area contributed by atoms with Gasteiger partial charge in [0.25, 0.3) is 5.91 Å². The molecule has 0 saturated heterocycles. The van der Waals surface area contributed by atoms with Crippen molar-refractivity contribution in [3.63, 3.8) is 0 Å². The van der Waals surface area contributed by atoms with Crippen molar-refractivity contribution in [1.29, 1.82) is 0 Å². The van der Waals surface area contributed by atoms with Crippen LogP contribution in [-0.4, -0.2) is 22.9 Å². The molecule has 5 nitrogen and oxygen atoms in total. The van der Waals surface area contributed by atoms with E-state index >= 15 is 0 Å². The molecule has 2 heterocycles. The molecule has 5 heteroatoms. The highest BCUT2D eigenvalue weighted by atomic mass is 16.1. The number of hydrogen-bond donors (Lipinski definition) is 2. The molecule has 0 unspecified atom stereocenters. The largest absolute Gasteiger partial charge is 0.373 e. The van der Waals surface area contributed by atoms with Crippen molar-refractivity contribution in [2.75, 3.05) is 17.7 Å². The van der Waals surface area contributed by atoms with Gasteiger partial charge in [0, 0.05) is 13.2 Å². The summed E-state index contributed by atoms with van der Waals surface area (Å²) in [6.45, 7) is 0. The average Bonchev–Trinajstić information content (AvgIpc) is 2.40. The molecule has 2 rings (SSSR count). The molecule has 2 N–H and O–H groups in total. The standard InChI is InChI=1S/C12H12N4O/c1-13-11-6-2-5-10(16-11)12(17)15-9-4-3-7-14-8-9/h2-8H,1H3,(H,13,16)(H,15,17). The van der Waals surface area contributed by atoms with Crippen molar-refractivity contribution in [1.82, 2.24) is 9.97 Å². The molecule has 0 aromatic carbocycles. The molecule has 2 aromatic heterocycles. The Kier molecular flexibility index (Phi) is 3.30. The normalized spacial score (nSPS) is 9.71. The number of hydrogen-bond acceptors (Lipinski definition) is 4. The monoisotopic (exact) mass is 228 g/mol. The Morgan fingerprint density at radius 1 is 1.24 bits per heavy atom. The van der Waals surface area contributed by atoms with E-state index in [1.54, 1.807) is 49.8 Å². The van der Waals surface area contributed by atoms with Gasteiger partial charge in [0.05, 0.1) is 11.9 Å². The van der Waals surface area contributed by atoms with Gasteiger partial charge in [0.15, 0.2) is 0 Å². The Labute approximate surface area is 98.9 Å². The Hall–Kier alpha value is -2.43. The van der Waals surface area contributed by atoms with Crippen molar-refractivity contribution in [3.8, 4) is 0 Å². The van der Waals surface area contributed by atoms with E-state index in [-0.39, 0.29) is 5.91 Å². The summed E-state index contributed by atoms with van der Waals surface area (Å²) >= 11 is 0. The van der Waals surface area contributed by atoms with E-state index in [1.165, 1.54) is 0 Å². The third-order valence-corrected chi connectivity index (χ3v) is 2.16. The van der Waals surface area contributed by atoms with Crippen molar-refractivity contribution < 1.29 is 4.79 Å². The van der Waals surface area contributed by atoms with Crippen LogP contribution in [0.2, 0.25) is 0 Å². The van der Waals surface area contributed by atoms with Gasteiger partial charge in [0.2, 0.25) is 0 Å². The number of aromatic nitrogens is 2. The summed E-state index contributed by atoms with van der Waals surface area (Å²) in [5.74, 6) is 0.402. The second-order valence-corrected chi connectivity index (χ2v) is 3.35. The molecular formula is C12H12N4O. The number of carbonyl (C=O) groups is 1. The van der Waals surface area contributed by atoms with Crippen LogP contribution >= 0.6 is 0 Å². The summed E-state index contributed by atoms with van der Waals surface area (Å²) in [5, 5.41) is 5.60. The summed E-state index contributed by atoms with van der Waals surface area (Å²) in [5.41, 5.74) is 1.01. The first kappa shape index (κ1) is 11.1. The van der Waals surface area contributed by atoms with Gasteiger partial charge in [-0.05, 0) is 24.3 Å². The highest BCUT2D eigenvalue weighted by Crippen LogP contribution is 2.08. The molecule has 1 amide bonds. The third kappa shape index (κ3) is 2.78. The fraction of sp³-hybridized carbons (Fsp3) is 0.0833. The van der Waals surface area contributed by atoms with Crippen LogP contribution in [0.25, 0.3) is 0 Å². The number of rotatable bonds is 3. The molecule has 17 heavy (non-hydrogen) atoms. The number of pyridine rings is 2. The molecule has 0 radical (unpaired) electrons. The molecule has 0 bridgehead atoms. The molecule has 0 atom stereocenters. The summed E-state index contributed by atoms with van der Waals surface area (Å²) in [4.78, 5) is 19.9. The molecule has 0 aliphatic carbocycles. The smallest absolute Gasteiger partial charge is 0.274 e. The lowest BCUT2D eigenvalue weighted by Crippen LogP contribution is -2.14. The summed E-state index contributed by atoms with van der Waals surface area (Å²) in [7, 11) is 1.76. The zero-order chi connectivity index (χ0) is 12.1. The Balaban J connectivity index is 2.14. The number of nitrogens with one attached hydrogen (secondary N) is 2. The number of anilines is 2. The summed E-state index contributed by atoms with van der Waals surface area (Å²) in [6, 6.07) is 8.75. The van der Waals surface area contributed by atoms with Gasteiger partial charge < -0.3 is 10.6 Å². The lowest BCUT2D eigenvalue weighted by Gasteiger charge is -2.05. The van der Waals surface area contributed by atoms with E-state index in [0.717, 1.165) is 0 Å². The molecule has 0 spiro atoms. The molecule has 0 fully saturated rings. The Morgan fingerprint density at radius 2 is 2.12 bits per heavy atom. The van der Waals surface area contributed by atoms with Gasteiger partial charge in [0.1, 0.15) is 11.5 Å². The first-order valence-electron chi connectivity index (χ1n) is 5.16. The Bertz CT molecular complexity index is 513. The average molecular weight is 228 g/mol. The van der Waals surface area contributed by atoms with Crippen LogP contribution in [-0.2, 0) is 0 Å². The van der Waals surface area contributed by atoms with Gasteiger partial charge in [-0.1, -0.05) is 6.07 Å². The van der Waals surface area contributed by atoms with E-state index in [2.05, 4.69) is 20.6 Å². The zero-order valence-electron chi connectivity index (χ0n) is 9.34. The minimum atomic E-state index is -0.255. The van der Waals surface area contributed by atoms with E-state index in [4.69, 9.17) is 0 Å². The van der Waals surface area contributed by atoms with Gasteiger partial charge in [-0.25, -0.2) is 4.98 Å². The second-order valence-electron chi connectivity index (χ2n) is 3.35. The zero-order valence-corrected chi connectivity index (χ0v) is 9.34.